The highest BCUT2D eigenvalue weighted by atomic mass is 16.4. The molecule has 80 valence electrons. The van der Waals surface area contributed by atoms with Crippen molar-refractivity contribution in [3.05, 3.63) is 29.8 Å². The van der Waals surface area contributed by atoms with E-state index in [2.05, 4.69) is 10.6 Å². The summed E-state index contributed by atoms with van der Waals surface area (Å²) in [6, 6.07) is 6.31. The van der Waals surface area contributed by atoms with Gasteiger partial charge >= 0.3 is 6.09 Å². The number of rotatable bonds is 3. The van der Waals surface area contributed by atoms with Crippen LogP contribution in [0.15, 0.2) is 24.3 Å². The van der Waals surface area contributed by atoms with Crippen LogP contribution in [0.25, 0.3) is 0 Å². The van der Waals surface area contributed by atoms with E-state index in [0.717, 1.165) is 0 Å². The molecule has 0 aliphatic heterocycles. The first-order chi connectivity index (χ1) is 7.13. The zero-order valence-electron chi connectivity index (χ0n) is 8.28. The quantitative estimate of drug-likeness (QED) is 0.704. The zero-order valence-corrected chi connectivity index (χ0v) is 8.28. The Balaban J connectivity index is 2.82. The summed E-state index contributed by atoms with van der Waals surface area (Å²) >= 11 is 0. The van der Waals surface area contributed by atoms with E-state index in [1.54, 1.807) is 18.2 Å². The molecule has 1 aromatic rings. The van der Waals surface area contributed by atoms with Gasteiger partial charge in [-0.15, -0.1) is 0 Å². The van der Waals surface area contributed by atoms with E-state index >= 15 is 0 Å². The van der Waals surface area contributed by atoms with Gasteiger partial charge < -0.3 is 10.4 Å². The third-order valence-electron chi connectivity index (χ3n) is 1.71. The minimum absolute atomic E-state index is 0.216. The summed E-state index contributed by atoms with van der Waals surface area (Å²) in [6.07, 6.45) is -1.15. The van der Waals surface area contributed by atoms with E-state index < -0.39 is 6.09 Å². The first kappa shape index (κ1) is 11.0. The second-order valence-corrected chi connectivity index (χ2v) is 2.87. The molecule has 0 saturated carbocycles. The van der Waals surface area contributed by atoms with Gasteiger partial charge in [0, 0.05) is 17.8 Å². The van der Waals surface area contributed by atoms with Crippen molar-refractivity contribution < 1.29 is 14.7 Å². The number of hydrogen-bond donors (Lipinski definition) is 3. The van der Waals surface area contributed by atoms with Crippen LogP contribution in [0.1, 0.15) is 17.3 Å². The summed E-state index contributed by atoms with van der Waals surface area (Å²) in [4.78, 5) is 21.8. The molecule has 15 heavy (non-hydrogen) atoms. The molecule has 1 rings (SSSR count). The van der Waals surface area contributed by atoms with E-state index in [1.165, 1.54) is 6.07 Å². The maximum absolute atomic E-state index is 11.4. The number of anilines is 1. The molecule has 0 saturated heterocycles. The lowest BCUT2D eigenvalue weighted by atomic mass is 10.2. The third-order valence-corrected chi connectivity index (χ3v) is 1.71. The van der Waals surface area contributed by atoms with Crippen molar-refractivity contribution in [2.24, 2.45) is 0 Å². The Morgan fingerprint density at radius 1 is 1.40 bits per heavy atom. The summed E-state index contributed by atoms with van der Waals surface area (Å²) in [7, 11) is 0. The second-order valence-electron chi connectivity index (χ2n) is 2.87. The Morgan fingerprint density at radius 3 is 2.73 bits per heavy atom. The van der Waals surface area contributed by atoms with Crippen LogP contribution in [0.3, 0.4) is 0 Å². The van der Waals surface area contributed by atoms with Crippen molar-refractivity contribution in [2.45, 2.75) is 6.92 Å². The minimum atomic E-state index is -1.15. The van der Waals surface area contributed by atoms with Crippen LogP contribution in [0.4, 0.5) is 10.5 Å². The van der Waals surface area contributed by atoms with E-state index in [0.29, 0.717) is 17.8 Å². The normalized spacial score (nSPS) is 9.40. The monoisotopic (exact) mass is 208 g/mol. The van der Waals surface area contributed by atoms with Crippen molar-refractivity contribution in [1.29, 1.82) is 0 Å². The van der Waals surface area contributed by atoms with Gasteiger partial charge in [-0.3, -0.25) is 10.1 Å². The van der Waals surface area contributed by atoms with Crippen molar-refractivity contribution in [2.75, 3.05) is 11.9 Å². The summed E-state index contributed by atoms with van der Waals surface area (Å²) < 4.78 is 0. The second kappa shape index (κ2) is 4.99. The molecular weight excluding hydrogens is 196 g/mol. The molecule has 0 spiro atoms. The van der Waals surface area contributed by atoms with Crippen molar-refractivity contribution in [3.8, 4) is 0 Å². The fourth-order valence-electron chi connectivity index (χ4n) is 1.12. The van der Waals surface area contributed by atoms with Crippen LogP contribution in [-0.4, -0.2) is 23.7 Å². The largest absolute Gasteiger partial charge is 0.465 e. The minimum Gasteiger partial charge on any atom is -0.465 e. The molecule has 0 bridgehead atoms. The highest BCUT2D eigenvalue weighted by Crippen LogP contribution is 2.10. The molecule has 1 aromatic carbocycles. The lowest BCUT2D eigenvalue weighted by Gasteiger charge is -2.04. The number of carboxylic acid groups (broad SMARTS) is 1. The van der Waals surface area contributed by atoms with Crippen molar-refractivity contribution in [3.63, 3.8) is 0 Å². The van der Waals surface area contributed by atoms with Gasteiger partial charge in [0.15, 0.2) is 0 Å². The molecule has 0 fully saturated rings. The smallest absolute Gasteiger partial charge is 0.409 e. The standard InChI is InChI=1S/C10H12N2O3/c1-2-11-9(13)7-4-3-5-8(6-7)12-10(14)15/h3-6,12H,2H2,1H3,(H,11,13)(H,14,15). The fourth-order valence-corrected chi connectivity index (χ4v) is 1.12. The Bertz CT molecular complexity index is 377. The van der Waals surface area contributed by atoms with Crippen LogP contribution in [0, 0.1) is 0 Å². The van der Waals surface area contributed by atoms with E-state index in [1.807, 2.05) is 6.92 Å². The number of hydrogen-bond acceptors (Lipinski definition) is 2. The van der Waals surface area contributed by atoms with Gasteiger partial charge in [-0.05, 0) is 25.1 Å². The molecule has 3 N–H and O–H groups in total. The first-order valence-corrected chi connectivity index (χ1v) is 4.51. The van der Waals surface area contributed by atoms with Crippen LogP contribution in [0.2, 0.25) is 0 Å². The first-order valence-electron chi connectivity index (χ1n) is 4.51. The Labute approximate surface area is 87.1 Å². The average Bonchev–Trinajstić information content (AvgIpc) is 2.17. The molecule has 0 heterocycles. The summed E-state index contributed by atoms with van der Waals surface area (Å²) in [6.45, 7) is 2.35. The summed E-state index contributed by atoms with van der Waals surface area (Å²) in [5.41, 5.74) is 0.814. The van der Waals surface area contributed by atoms with Gasteiger partial charge in [0.25, 0.3) is 5.91 Å². The third kappa shape index (κ3) is 3.30. The molecule has 5 heteroatoms. The lowest BCUT2D eigenvalue weighted by molar-refractivity contribution is 0.0955. The number of benzene rings is 1. The molecule has 2 amide bonds. The highest BCUT2D eigenvalue weighted by Gasteiger charge is 2.05. The molecule has 0 radical (unpaired) electrons. The highest BCUT2D eigenvalue weighted by molar-refractivity contribution is 5.96. The number of carbonyl (C=O) groups is 2. The van der Waals surface area contributed by atoms with E-state index in [4.69, 9.17) is 5.11 Å². The molecule has 0 atom stereocenters. The Hall–Kier alpha value is -2.04. The van der Waals surface area contributed by atoms with Gasteiger partial charge in [-0.2, -0.15) is 0 Å². The van der Waals surface area contributed by atoms with Crippen molar-refractivity contribution in [1.82, 2.24) is 5.32 Å². The Kier molecular flexibility index (Phi) is 3.68. The topological polar surface area (TPSA) is 78.4 Å². The van der Waals surface area contributed by atoms with Crippen LogP contribution < -0.4 is 10.6 Å². The van der Waals surface area contributed by atoms with Crippen LogP contribution in [-0.2, 0) is 0 Å². The Morgan fingerprint density at radius 2 is 2.13 bits per heavy atom. The van der Waals surface area contributed by atoms with Gasteiger partial charge in [-0.1, -0.05) is 6.07 Å². The molecule has 0 aromatic heterocycles. The van der Waals surface area contributed by atoms with Crippen LogP contribution >= 0.6 is 0 Å². The maximum atomic E-state index is 11.4. The predicted molar refractivity (Wildman–Crippen MR) is 56.1 cm³/mol. The number of nitrogens with one attached hydrogen (secondary N) is 2. The van der Waals surface area contributed by atoms with Gasteiger partial charge in [-0.25, -0.2) is 4.79 Å². The molecular formula is C10H12N2O3. The molecule has 0 unspecified atom stereocenters. The average molecular weight is 208 g/mol. The molecule has 0 aliphatic carbocycles. The van der Waals surface area contributed by atoms with E-state index in [-0.39, 0.29) is 5.91 Å². The number of amides is 2. The fraction of sp³-hybridized carbons (Fsp3) is 0.200. The lowest BCUT2D eigenvalue weighted by Crippen LogP contribution is -2.22. The van der Waals surface area contributed by atoms with Gasteiger partial charge in [0.2, 0.25) is 0 Å². The van der Waals surface area contributed by atoms with E-state index in [9.17, 15) is 9.59 Å². The van der Waals surface area contributed by atoms with Crippen LogP contribution in [0.5, 0.6) is 0 Å². The van der Waals surface area contributed by atoms with Gasteiger partial charge in [0.1, 0.15) is 0 Å². The maximum Gasteiger partial charge on any atom is 0.409 e. The summed E-state index contributed by atoms with van der Waals surface area (Å²) in [5, 5.41) is 13.3. The SMILES string of the molecule is CCNC(=O)c1cccc(NC(=O)O)c1. The number of carbonyl (C=O) groups excluding carboxylic acids is 1. The zero-order chi connectivity index (χ0) is 11.3. The summed E-state index contributed by atoms with van der Waals surface area (Å²) in [5.74, 6) is -0.216. The van der Waals surface area contributed by atoms with Crippen molar-refractivity contribution >= 4 is 17.7 Å². The molecule has 5 nitrogen and oxygen atoms in total. The molecule has 0 aliphatic rings. The van der Waals surface area contributed by atoms with Gasteiger partial charge in [0.05, 0.1) is 0 Å². The predicted octanol–water partition coefficient (Wildman–Crippen LogP) is 1.53.